The molecule has 1 aromatic rings. The number of phenols is 2. The van der Waals surface area contributed by atoms with Gasteiger partial charge >= 0.3 is 5.97 Å². The summed E-state index contributed by atoms with van der Waals surface area (Å²) in [5.41, 5.74) is -0.0651. The van der Waals surface area contributed by atoms with Crippen molar-refractivity contribution in [2.24, 2.45) is 0 Å². The summed E-state index contributed by atoms with van der Waals surface area (Å²) in [5.74, 6) is -1.80. The molecular weight excluding hydrogens is 272 g/mol. The van der Waals surface area contributed by atoms with Gasteiger partial charge in [-0.3, -0.25) is 0 Å². The van der Waals surface area contributed by atoms with Gasteiger partial charge in [0, 0.05) is 0 Å². The summed E-state index contributed by atoms with van der Waals surface area (Å²) in [6.45, 7) is -1.36. The first-order valence-electron chi connectivity index (χ1n) is 5.71. The van der Waals surface area contributed by atoms with E-state index in [4.69, 9.17) is 15.3 Å². The maximum Gasteiger partial charge on any atom is 0.338 e. The van der Waals surface area contributed by atoms with Gasteiger partial charge in [-0.1, -0.05) is 0 Å². The second-order valence-electron chi connectivity index (χ2n) is 4.11. The van der Waals surface area contributed by atoms with Crippen LogP contribution in [-0.4, -0.2) is 68.1 Å². The largest absolute Gasteiger partial charge is 0.504 e. The Morgan fingerprint density at radius 2 is 1.75 bits per heavy atom. The van der Waals surface area contributed by atoms with E-state index in [0.29, 0.717) is 0 Å². The second-order valence-corrected chi connectivity index (χ2v) is 4.11. The monoisotopic (exact) mass is 288 g/mol. The number of hydrogen-bond acceptors (Lipinski definition) is 8. The predicted octanol–water partition coefficient (Wildman–Crippen LogP) is -1.67. The second kappa shape index (κ2) is 7.06. The number of phenolic OH excluding ortho intramolecular Hbond substituents is 2. The molecule has 0 aliphatic rings. The first-order chi connectivity index (χ1) is 9.36. The number of aliphatic hydroxyl groups is 4. The first-order valence-corrected chi connectivity index (χ1v) is 5.71. The van der Waals surface area contributed by atoms with Gasteiger partial charge in [-0.15, -0.1) is 0 Å². The summed E-state index contributed by atoms with van der Waals surface area (Å²) < 4.78 is 4.67. The Morgan fingerprint density at radius 1 is 1.10 bits per heavy atom. The number of carbonyl (C=O) groups is 1. The van der Waals surface area contributed by atoms with Crippen LogP contribution in [0.1, 0.15) is 10.4 Å². The van der Waals surface area contributed by atoms with Gasteiger partial charge in [0.05, 0.1) is 12.2 Å². The van der Waals surface area contributed by atoms with Gasteiger partial charge in [-0.05, 0) is 18.2 Å². The number of carbonyl (C=O) groups excluding carboxylic acids is 1. The number of benzene rings is 1. The van der Waals surface area contributed by atoms with E-state index >= 15 is 0 Å². The van der Waals surface area contributed by atoms with Crippen LogP contribution in [-0.2, 0) is 4.74 Å². The van der Waals surface area contributed by atoms with E-state index in [1.165, 1.54) is 6.07 Å². The van der Waals surface area contributed by atoms with E-state index < -0.39 is 49.0 Å². The minimum Gasteiger partial charge on any atom is -0.504 e. The number of ether oxygens (including phenoxy) is 1. The summed E-state index contributed by atoms with van der Waals surface area (Å²) in [5, 5.41) is 54.7. The summed E-state index contributed by atoms with van der Waals surface area (Å²) in [6.07, 6.45) is -4.80. The van der Waals surface area contributed by atoms with Crippen LogP contribution >= 0.6 is 0 Å². The third-order valence-corrected chi connectivity index (χ3v) is 2.57. The Balaban J connectivity index is 2.56. The van der Waals surface area contributed by atoms with E-state index in [0.717, 1.165) is 12.1 Å². The van der Waals surface area contributed by atoms with Gasteiger partial charge in [0.15, 0.2) is 11.5 Å². The molecule has 8 nitrogen and oxygen atoms in total. The van der Waals surface area contributed by atoms with Gasteiger partial charge < -0.3 is 35.4 Å². The zero-order chi connectivity index (χ0) is 15.3. The van der Waals surface area contributed by atoms with E-state index in [1.54, 1.807) is 0 Å². The van der Waals surface area contributed by atoms with Gasteiger partial charge in [-0.2, -0.15) is 0 Å². The van der Waals surface area contributed by atoms with Crippen LogP contribution in [0.2, 0.25) is 0 Å². The molecule has 0 saturated heterocycles. The Kier molecular flexibility index (Phi) is 5.71. The van der Waals surface area contributed by atoms with Gasteiger partial charge in [0.2, 0.25) is 0 Å². The fourth-order valence-electron chi connectivity index (χ4n) is 1.36. The topological polar surface area (TPSA) is 148 Å². The van der Waals surface area contributed by atoms with E-state index in [2.05, 4.69) is 4.74 Å². The number of aliphatic hydroxyl groups excluding tert-OH is 4. The van der Waals surface area contributed by atoms with Crippen molar-refractivity contribution >= 4 is 5.97 Å². The molecule has 0 spiro atoms. The molecule has 0 aliphatic carbocycles. The van der Waals surface area contributed by atoms with E-state index in [1.807, 2.05) is 0 Å². The molecule has 0 saturated carbocycles. The molecular formula is C12H16O8. The Labute approximate surface area is 114 Å². The molecule has 0 fully saturated rings. The zero-order valence-electron chi connectivity index (χ0n) is 10.4. The van der Waals surface area contributed by atoms with Crippen molar-refractivity contribution in [2.45, 2.75) is 18.3 Å². The Hall–Kier alpha value is -1.87. The smallest absolute Gasteiger partial charge is 0.338 e. The van der Waals surface area contributed by atoms with Crippen LogP contribution in [0.5, 0.6) is 11.5 Å². The average molecular weight is 288 g/mol. The van der Waals surface area contributed by atoms with Crippen LogP contribution < -0.4 is 0 Å². The highest BCUT2D eigenvalue weighted by atomic mass is 16.5. The van der Waals surface area contributed by atoms with Gasteiger partial charge in [0.25, 0.3) is 0 Å². The summed E-state index contributed by atoms with van der Waals surface area (Å²) in [4.78, 5) is 11.6. The molecule has 8 heteroatoms. The minimum atomic E-state index is -1.67. The number of hydrogen-bond donors (Lipinski definition) is 6. The van der Waals surface area contributed by atoms with Crippen molar-refractivity contribution in [1.82, 2.24) is 0 Å². The van der Waals surface area contributed by atoms with E-state index in [9.17, 15) is 20.1 Å². The standard InChI is InChI=1S/C12H16O8/c13-4-9(16)11(18)10(17)5-20-12(19)6-1-2-7(14)8(15)3-6/h1-3,9-11,13-18H,4-5H2. The fraction of sp³-hybridized carbons (Fsp3) is 0.417. The molecule has 0 aromatic heterocycles. The van der Waals surface area contributed by atoms with Gasteiger partial charge in [-0.25, -0.2) is 4.79 Å². The highest BCUT2D eigenvalue weighted by Crippen LogP contribution is 2.25. The highest BCUT2D eigenvalue weighted by molar-refractivity contribution is 5.90. The Morgan fingerprint density at radius 3 is 2.30 bits per heavy atom. The maximum absolute atomic E-state index is 11.6. The van der Waals surface area contributed by atoms with Crippen LogP contribution in [0, 0.1) is 0 Å². The summed E-state index contributed by atoms with van der Waals surface area (Å²) >= 11 is 0. The van der Waals surface area contributed by atoms with Crippen molar-refractivity contribution < 1.29 is 40.2 Å². The van der Waals surface area contributed by atoms with Crippen LogP contribution in [0.25, 0.3) is 0 Å². The number of rotatable bonds is 6. The number of aromatic hydroxyl groups is 2. The third kappa shape index (κ3) is 4.07. The average Bonchev–Trinajstić information content (AvgIpc) is 2.45. The van der Waals surface area contributed by atoms with Crippen molar-refractivity contribution in [3.63, 3.8) is 0 Å². The van der Waals surface area contributed by atoms with E-state index in [-0.39, 0.29) is 5.56 Å². The molecule has 0 radical (unpaired) electrons. The Bertz CT molecular complexity index is 461. The van der Waals surface area contributed by atoms with Crippen LogP contribution in [0.3, 0.4) is 0 Å². The normalized spacial score (nSPS) is 15.4. The molecule has 0 aliphatic heterocycles. The SMILES string of the molecule is O=C(OCC(O)C(O)C(O)CO)c1ccc(O)c(O)c1. The lowest BCUT2D eigenvalue weighted by Crippen LogP contribution is -2.42. The van der Waals surface area contributed by atoms with Crippen LogP contribution in [0.15, 0.2) is 18.2 Å². The maximum atomic E-state index is 11.6. The van der Waals surface area contributed by atoms with Crippen molar-refractivity contribution in [1.29, 1.82) is 0 Å². The summed E-state index contributed by atoms with van der Waals surface area (Å²) in [6, 6.07) is 3.26. The molecule has 20 heavy (non-hydrogen) atoms. The zero-order valence-corrected chi connectivity index (χ0v) is 10.4. The number of esters is 1. The van der Waals surface area contributed by atoms with Crippen LogP contribution in [0.4, 0.5) is 0 Å². The lowest BCUT2D eigenvalue weighted by atomic mass is 10.1. The molecule has 0 heterocycles. The molecule has 6 N–H and O–H groups in total. The highest BCUT2D eigenvalue weighted by Gasteiger charge is 2.25. The molecule has 112 valence electrons. The molecule has 3 atom stereocenters. The fourth-order valence-corrected chi connectivity index (χ4v) is 1.36. The van der Waals surface area contributed by atoms with Gasteiger partial charge in [0.1, 0.15) is 24.9 Å². The lowest BCUT2D eigenvalue weighted by molar-refractivity contribution is -0.0925. The molecule has 3 unspecified atom stereocenters. The van der Waals surface area contributed by atoms with Crippen molar-refractivity contribution in [3.05, 3.63) is 23.8 Å². The lowest BCUT2D eigenvalue weighted by Gasteiger charge is -2.21. The minimum absolute atomic E-state index is 0.0651. The molecule has 1 aromatic carbocycles. The molecule has 1 rings (SSSR count). The van der Waals surface area contributed by atoms with Crippen molar-refractivity contribution in [2.75, 3.05) is 13.2 Å². The quantitative estimate of drug-likeness (QED) is 0.269. The first kappa shape index (κ1) is 16.2. The molecule has 0 bridgehead atoms. The third-order valence-electron chi connectivity index (χ3n) is 2.57. The van der Waals surface area contributed by atoms with Crippen molar-refractivity contribution in [3.8, 4) is 11.5 Å². The molecule has 0 amide bonds. The predicted molar refractivity (Wildman–Crippen MR) is 65.2 cm³/mol. The summed E-state index contributed by atoms with van der Waals surface area (Å²) in [7, 11) is 0.